The molecule has 0 saturated heterocycles. The van der Waals surface area contributed by atoms with Crippen molar-refractivity contribution in [2.24, 2.45) is 0 Å². The van der Waals surface area contributed by atoms with E-state index in [0.29, 0.717) is 22.3 Å². The van der Waals surface area contributed by atoms with Crippen LogP contribution in [0.2, 0.25) is 0 Å². The predicted molar refractivity (Wildman–Crippen MR) is 101 cm³/mol. The van der Waals surface area contributed by atoms with Crippen LogP contribution < -0.4 is 5.32 Å². The van der Waals surface area contributed by atoms with Crippen molar-refractivity contribution < 1.29 is 19.1 Å². The number of hydrogen-bond acceptors (Lipinski definition) is 3. The Morgan fingerprint density at radius 3 is 2.36 bits per heavy atom. The average molecular weight is 374 g/mol. The van der Waals surface area contributed by atoms with Crippen molar-refractivity contribution in [3.05, 3.63) is 94.8 Å². The molecule has 0 fully saturated rings. The van der Waals surface area contributed by atoms with Crippen LogP contribution in [-0.2, 0) is 6.54 Å². The Balaban J connectivity index is 1.93. The summed E-state index contributed by atoms with van der Waals surface area (Å²) in [5.74, 6) is -2.02. The van der Waals surface area contributed by atoms with Gasteiger partial charge in [-0.3, -0.25) is 4.79 Å². The lowest BCUT2D eigenvalue weighted by Gasteiger charge is -2.10. The Morgan fingerprint density at radius 2 is 1.68 bits per heavy atom. The number of halogens is 1. The average Bonchev–Trinajstić information content (AvgIpc) is 2.72. The number of carbonyl (C=O) groups is 2. The maximum Gasteiger partial charge on any atom is 0.335 e. The first-order valence-electron chi connectivity index (χ1n) is 8.38. The lowest BCUT2D eigenvalue weighted by atomic mass is 9.96. The molecule has 0 aliphatic carbocycles. The van der Waals surface area contributed by atoms with Crippen molar-refractivity contribution in [1.82, 2.24) is 5.32 Å². The molecule has 0 aliphatic rings. The predicted octanol–water partition coefficient (Wildman–Crippen LogP) is 3.99. The molecule has 3 aromatic carbocycles. The molecule has 2 N–H and O–H groups in total. The summed E-state index contributed by atoms with van der Waals surface area (Å²) in [7, 11) is 0. The number of carboxylic acids is 1. The minimum Gasteiger partial charge on any atom is -0.478 e. The van der Waals surface area contributed by atoms with Gasteiger partial charge in [0.15, 0.2) is 0 Å². The molecular weight excluding hydrogens is 359 g/mol. The van der Waals surface area contributed by atoms with Gasteiger partial charge in [0.1, 0.15) is 5.82 Å². The highest BCUT2D eigenvalue weighted by atomic mass is 19.1. The summed E-state index contributed by atoms with van der Waals surface area (Å²) in [5.41, 5.74) is 2.19. The first-order chi connectivity index (χ1) is 13.5. The van der Waals surface area contributed by atoms with Gasteiger partial charge < -0.3 is 10.4 Å². The fourth-order valence-corrected chi connectivity index (χ4v) is 2.76. The van der Waals surface area contributed by atoms with E-state index in [4.69, 9.17) is 0 Å². The normalized spacial score (nSPS) is 10.1. The van der Waals surface area contributed by atoms with Crippen LogP contribution in [-0.4, -0.2) is 17.0 Å². The zero-order valence-corrected chi connectivity index (χ0v) is 14.6. The van der Waals surface area contributed by atoms with Crippen molar-refractivity contribution in [2.45, 2.75) is 6.54 Å². The number of aromatic carboxylic acids is 1. The Labute approximate surface area is 160 Å². The highest BCUT2D eigenvalue weighted by molar-refractivity contribution is 5.99. The quantitative estimate of drug-likeness (QED) is 0.706. The number of hydrogen-bond donors (Lipinski definition) is 2. The van der Waals surface area contributed by atoms with Crippen molar-refractivity contribution >= 4 is 11.9 Å². The fraction of sp³-hybridized carbons (Fsp3) is 0.0455. The molecule has 1 amide bonds. The monoisotopic (exact) mass is 374 g/mol. The second-order valence-electron chi connectivity index (χ2n) is 6.07. The van der Waals surface area contributed by atoms with Crippen molar-refractivity contribution in [3.63, 3.8) is 0 Å². The summed E-state index contributed by atoms with van der Waals surface area (Å²) in [6, 6.07) is 18.8. The van der Waals surface area contributed by atoms with Crippen molar-refractivity contribution in [2.75, 3.05) is 0 Å². The Morgan fingerprint density at radius 1 is 1.00 bits per heavy atom. The van der Waals surface area contributed by atoms with Gasteiger partial charge in [-0.15, -0.1) is 0 Å². The van der Waals surface area contributed by atoms with Gasteiger partial charge in [0, 0.05) is 12.1 Å². The second-order valence-corrected chi connectivity index (χ2v) is 6.07. The van der Waals surface area contributed by atoms with E-state index in [9.17, 15) is 24.3 Å². The van der Waals surface area contributed by atoms with E-state index in [0.717, 1.165) is 0 Å². The van der Waals surface area contributed by atoms with Crippen LogP contribution >= 0.6 is 0 Å². The number of carboxylic acid groups (broad SMARTS) is 1. The SMILES string of the molecule is N#Cc1ccccc1-c1cc(C(=O)O)cc(C(=O)NCc2ccc(F)cc2)c1. The highest BCUT2D eigenvalue weighted by Gasteiger charge is 2.15. The summed E-state index contributed by atoms with van der Waals surface area (Å²) in [5, 5.41) is 21.4. The van der Waals surface area contributed by atoms with Gasteiger partial charge in [0.05, 0.1) is 17.2 Å². The van der Waals surface area contributed by atoms with Gasteiger partial charge in [-0.05, 0) is 53.1 Å². The van der Waals surface area contributed by atoms with E-state index >= 15 is 0 Å². The molecule has 0 spiro atoms. The van der Waals surface area contributed by atoms with Crippen LogP contribution in [0, 0.1) is 17.1 Å². The van der Waals surface area contributed by atoms with E-state index in [1.165, 1.54) is 24.3 Å². The first kappa shape index (κ1) is 18.8. The molecule has 28 heavy (non-hydrogen) atoms. The van der Waals surface area contributed by atoms with E-state index < -0.39 is 11.9 Å². The van der Waals surface area contributed by atoms with E-state index in [2.05, 4.69) is 11.4 Å². The van der Waals surface area contributed by atoms with E-state index in [1.54, 1.807) is 42.5 Å². The molecule has 0 aromatic heterocycles. The molecular formula is C22H15FN2O3. The Hall–Kier alpha value is -3.98. The van der Waals surface area contributed by atoms with E-state index in [-0.39, 0.29) is 23.5 Å². The minimum absolute atomic E-state index is 0.0582. The number of nitrogens with one attached hydrogen (secondary N) is 1. The molecule has 138 valence electrons. The molecule has 3 rings (SSSR count). The summed E-state index contributed by atoms with van der Waals surface area (Å²) < 4.78 is 13.0. The second kappa shape index (κ2) is 8.14. The standard InChI is InChI=1S/C22H15FN2O3/c23-19-7-5-14(6-8-19)13-25-21(26)17-9-16(10-18(11-17)22(27)28)20-4-2-1-3-15(20)12-24/h1-11H,13H2,(H,25,26)(H,27,28). The van der Waals surface area contributed by atoms with Gasteiger partial charge in [-0.2, -0.15) is 5.26 Å². The maximum atomic E-state index is 13.0. The summed E-state index contributed by atoms with van der Waals surface area (Å²) >= 11 is 0. The number of benzene rings is 3. The van der Waals surface area contributed by atoms with Crippen LogP contribution in [0.5, 0.6) is 0 Å². The third-order valence-electron chi connectivity index (χ3n) is 4.17. The summed E-state index contributed by atoms with van der Waals surface area (Å²) in [4.78, 5) is 24.0. The molecule has 0 aliphatic heterocycles. The number of amides is 1. The summed E-state index contributed by atoms with van der Waals surface area (Å²) in [6.45, 7) is 0.167. The molecule has 0 atom stereocenters. The number of carbonyl (C=O) groups excluding carboxylic acids is 1. The highest BCUT2D eigenvalue weighted by Crippen LogP contribution is 2.26. The molecule has 5 nitrogen and oxygen atoms in total. The Bertz CT molecular complexity index is 1090. The summed E-state index contributed by atoms with van der Waals surface area (Å²) in [6.07, 6.45) is 0. The maximum absolute atomic E-state index is 13.0. The van der Waals surface area contributed by atoms with Gasteiger partial charge >= 0.3 is 5.97 Å². The van der Waals surface area contributed by atoms with Crippen LogP contribution in [0.4, 0.5) is 4.39 Å². The van der Waals surface area contributed by atoms with E-state index in [1.807, 2.05) is 0 Å². The van der Waals surface area contributed by atoms with Gasteiger partial charge in [0.2, 0.25) is 0 Å². The molecule has 0 heterocycles. The zero-order valence-electron chi connectivity index (χ0n) is 14.6. The van der Waals surface area contributed by atoms with Gasteiger partial charge in [0.25, 0.3) is 5.91 Å². The van der Waals surface area contributed by atoms with Gasteiger partial charge in [-0.25, -0.2) is 9.18 Å². The largest absolute Gasteiger partial charge is 0.478 e. The number of nitriles is 1. The first-order valence-corrected chi connectivity index (χ1v) is 8.38. The van der Waals surface area contributed by atoms with Crippen molar-refractivity contribution in [3.8, 4) is 17.2 Å². The number of nitrogens with zero attached hydrogens (tertiary/aromatic N) is 1. The smallest absolute Gasteiger partial charge is 0.335 e. The van der Waals surface area contributed by atoms with Crippen LogP contribution in [0.1, 0.15) is 31.8 Å². The minimum atomic E-state index is -1.18. The third kappa shape index (κ3) is 4.22. The fourth-order valence-electron chi connectivity index (χ4n) is 2.76. The third-order valence-corrected chi connectivity index (χ3v) is 4.17. The molecule has 3 aromatic rings. The molecule has 0 radical (unpaired) electrons. The van der Waals surface area contributed by atoms with Crippen LogP contribution in [0.15, 0.2) is 66.7 Å². The topological polar surface area (TPSA) is 90.2 Å². The zero-order chi connectivity index (χ0) is 20.1. The molecule has 0 saturated carbocycles. The molecule has 0 bridgehead atoms. The van der Waals surface area contributed by atoms with Gasteiger partial charge in [-0.1, -0.05) is 30.3 Å². The number of rotatable bonds is 5. The van der Waals surface area contributed by atoms with Crippen LogP contribution in [0.25, 0.3) is 11.1 Å². The Kier molecular flexibility index (Phi) is 5.47. The molecule has 6 heteroatoms. The lowest BCUT2D eigenvalue weighted by Crippen LogP contribution is -2.23. The molecule has 0 unspecified atom stereocenters. The van der Waals surface area contributed by atoms with Crippen molar-refractivity contribution in [1.29, 1.82) is 5.26 Å². The van der Waals surface area contributed by atoms with Crippen LogP contribution in [0.3, 0.4) is 0 Å². The lowest BCUT2D eigenvalue weighted by molar-refractivity contribution is 0.0697.